The number of fused-ring (bicyclic) bond motifs is 1. The molecule has 0 radical (unpaired) electrons. The Kier molecular flexibility index (Phi) is 5.24. The molecule has 172 valence electrons. The van der Waals surface area contributed by atoms with Gasteiger partial charge in [0.2, 0.25) is 0 Å². The highest BCUT2D eigenvalue weighted by molar-refractivity contribution is 6.13. The number of anilines is 2. The molecule has 1 aliphatic heterocycles. The number of pyridine rings is 2. The molecule has 34 heavy (non-hydrogen) atoms. The van der Waals surface area contributed by atoms with E-state index in [2.05, 4.69) is 27.3 Å². The zero-order valence-electron chi connectivity index (χ0n) is 19.4. The van der Waals surface area contributed by atoms with Crippen molar-refractivity contribution in [3.8, 4) is 5.82 Å². The van der Waals surface area contributed by atoms with Crippen LogP contribution >= 0.6 is 0 Å². The average Bonchev–Trinajstić information content (AvgIpc) is 3.68. The zero-order chi connectivity index (χ0) is 23.1. The molecule has 0 spiro atoms. The third-order valence-corrected chi connectivity index (χ3v) is 6.76. The number of nitrogens with one attached hydrogen (secondary N) is 1. The van der Waals surface area contributed by atoms with Crippen LogP contribution in [0.2, 0.25) is 0 Å². The first-order chi connectivity index (χ1) is 16.7. The van der Waals surface area contributed by atoms with Crippen LogP contribution in [0, 0.1) is 6.92 Å². The Morgan fingerprint density at radius 1 is 1.03 bits per heavy atom. The van der Waals surface area contributed by atoms with Crippen LogP contribution in [-0.4, -0.2) is 38.7 Å². The van der Waals surface area contributed by atoms with Gasteiger partial charge in [-0.2, -0.15) is 9.78 Å². The number of rotatable bonds is 5. The number of hydrogen-bond acceptors (Lipinski definition) is 5. The molecule has 0 unspecified atom stereocenters. The second-order valence-corrected chi connectivity index (χ2v) is 9.30. The lowest BCUT2D eigenvalue weighted by atomic mass is 10.1. The Bertz CT molecular complexity index is 1350. The van der Waals surface area contributed by atoms with Gasteiger partial charge >= 0.3 is 0 Å². The minimum Gasteiger partial charge on any atom is -0.371 e. The van der Waals surface area contributed by atoms with E-state index in [1.165, 1.54) is 19.3 Å². The van der Waals surface area contributed by atoms with E-state index in [9.17, 15) is 4.79 Å². The summed E-state index contributed by atoms with van der Waals surface area (Å²) in [5, 5.41) is 8.64. The van der Waals surface area contributed by atoms with Crippen molar-refractivity contribution in [2.45, 2.75) is 44.9 Å². The number of aryl methyl sites for hydroxylation is 1. The molecule has 7 heteroatoms. The van der Waals surface area contributed by atoms with Crippen molar-refractivity contribution in [1.82, 2.24) is 19.7 Å². The fourth-order valence-corrected chi connectivity index (χ4v) is 4.85. The maximum absolute atomic E-state index is 13.6. The summed E-state index contributed by atoms with van der Waals surface area (Å²) in [5.41, 5.74) is 5.00. The first kappa shape index (κ1) is 20.8. The van der Waals surface area contributed by atoms with E-state index in [-0.39, 0.29) is 5.91 Å². The molecule has 1 aromatic carbocycles. The number of hydrogen-bond donors (Lipinski definition) is 1. The third-order valence-electron chi connectivity index (χ3n) is 6.76. The summed E-state index contributed by atoms with van der Waals surface area (Å²) in [6.45, 7) is 4.06. The fourth-order valence-electron chi connectivity index (χ4n) is 4.85. The normalized spacial score (nSPS) is 16.1. The lowest BCUT2D eigenvalue weighted by Crippen LogP contribution is -2.29. The Balaban J connectivity index is 1.38. The van der Waals surface area contributed by atoms with E-state index >= 15 is 0 Å². The standard InChI is InChI=1S/C27H28N6O/c1-18-25-22(27(34)29-20-8-7-9-21(16-20)32-14-5-2-6-15-32)17-23(19-11-12-19)30-26(25)33(31-18)24-10-3-4-13-28-24/h3-4,7-10,13,16-17,19H,2,5-6,11-12,14-15H2,1H3,(H,29,34). The molecule has 2 fully saturated rings. The van der Waals surface area contributed by atoms with Gasteiger partial charge in [-0.15, -0.1) is 0 Å². The second kappa shape index (κ2) is 8.56. The van der Waals surface area contributed by atoms with Gasteiger partial charge in [-0.25, -0.2) is 9.97 Å². The highest BCUT2D eigenvalue weighted by atomic mass is 16.1. The zero-order valence-corrected chi connectivity index (χ0v) is 19.4. The quantitative estimate of drug-likeness (QED) is 0.448. The Morgan fingerprint density at radius 3 is 2.65 bits per heavy atom. The maximum atomic E-state index is 13.6. The van der Waals surface area contributed by atoms with Gasteiger partial charge in [-0.3, -0.25) is 4.79 Å². The molecule has 1 saturated heterocycles. The molecule has 2 aliphatic rings. The van der Waals surface area contributed by atoms with Gasteiger partial charge in [0.1, 0.15) is 0 Å². The molecule has 3 aromatic heterocycles. The van der Waals surface area contributed by atoms with Gasteiger partial charge in [0, 0.05) is 42.3 Å². The molecule has 1 saturated carbocycles. The lowest BCUT2D eigenvalue weighted by Gasteiger charge is -2.29. The molecular formula is C27H28N6O. The van der Waals surface area contributed by atoms with E-state index in [4.69, 9.17) is 10.1 Å². The van der Waals surface area contributed by atoms with Gasteiger partial charge in [0.15, 0.2) is 11.5 Å². The first-order valence-corrected chi connectivity index (χ1v) is 12.2. The maximum Gasteiger partial charge on any atom is 0.256 e. The first-order valence-electron chi connectivity index (χ1n) is 12.2. The molecule has 7 nitrogen and oxygen atoms in total. The van der Waals surface area contributed by atoms with Crippen molar-refractivity contribution in [3.63, 3.8) is 0 Å². The monoisotopic (exact) mass is 452 g/mol. The number of carbonyl (C=O) groups excluding carboxylic acids is 1. The van der Waals surface area contributed by atoms with Gasteiger partial charge in [-0.1, -0.05) is 12.1 Å². The Morgan fingerprint density at radius 2 is 1.88 bits per heavy atom. The van der Waals surface area contributed by atoms with Gasteiger partial charge in [0.05, 0.1) is 16.6 Å². The summed E-state index contributed by atoms with van der Waals surface area (Å²) < 4.78 is 1.75. The molecule has 1 aliphatic carbocycles. The number of piperidine rings is 1. The summed E-state index contributed by atoms with van der Waals surface area (Å²) in [5.74, 6) is 0.973. The molecule has 4 heterocycles. The molecule has 1 amide bonds. The van der Waals surface area contributed by atoms with Crippen LogP contribution in [-0.2, 0) is 0 Å². The summed E-state index contributed by atoms with van der Waals surface area (Å²) in [6.07, 6.45) is 7.68. The van der Waals surface area contributed by atoms with E-state index in [0.717, 1.165) is 54.1 Å². The van der Waals surface area contributed by atoms with E-state index in [1.54, 1.807) is 10.9 Å². The van der Waals surface area contributed by atoms with Gasteiger partial charge in [-0.05, 0) is 75.4 Å². The van der Waals surface area contributed by atoms with Crippen LogP contribution in [0.4, 0.5) is 11.4 Å². The van der Waals surface area contributed by atoms with Crippen LogP contribution in [0.25, 0.3) is 16.9 Å². The molecule has 0 bridgehead atoms. The number of amides is 1. The van der Waals surface area contributed by atoms with Gasteiger partial charge in [0.25, 0.3) is 5.91 Å². The topological polar surface area (TPSA) is 75.9 Å². The predicted molar refractivity (Wildman–Crippen MR) is 134 cm³/mol. The average molecular weight is 453 g/mol. The summed E-state index contributed by atoms with van der Waals surface area (Å²) in [7, 11) is 0. The highest BCUT2D eigenvalue weighted by Gasteiger charge is 2.29. The van der Waals surface area contributed by atoms with Crippen molar-refractivity contribution in [3.05, 3.63) is 71.7 Å². The largest absolute Gasteiger partial charge is 0.371 e. The van der Waals surface area contributed by atoms with Crippen LogP contribution in [0.3, 0.4) is 0 Å². The minimum atomic E-state index is -0.131. The van der Waals surface area contributed by atoms with Crippen molar-refractivity contribution in [2.24, 2.45) is 0 Å². The van der Waals surface area contributed by atoms with Crippen molar-refractivity contribution in [2.75, 3.05) is 23.3 Å². The number of carbonyl (C=O) groups is 1. The SMILES string of the molecule is Cc1nn(-c2ccccn2)c2nc(C3CC3)cc(C(=O)Nc3cccc(N4CCCCC4)c3)c12. The Hall–Kier alpha value is -3.74. The molecule has 0 atom stereocenters. The van der Waals surface area contributed by atoms with E-state index in [1.807, 2.05) is 43.3 Å². The van der Waals surface area contributed by atoms with Crippen LogP contribution in [0.5, 0.6) is 0 Å². The lowest BCUT2D eigenvalue weighted by molar-refractivity contribution is 0.102. The number of nitrogens with zero attached hydrogens (tertiary/aromatic N) is 5. The van der Waals surface area contributed by atoms with Crippen molar-refractivity contribution in [1.29, 1.82) is 0 Å². The summed E-state index contributed by atoms with van der Waals surface area (Å²) in [6, 6.07) is 15.8. The van der Waals surface area contributed by atoms with Crippen LogP contribution in [0.1, 0.15) is 59.8 Å². The van der Waals surface area contributed by atoms with Crippen molar-refractivity contribution >= 4 is 28.3 Å². The van der Waals surface area contributed by atoms with Crippen molar-refractivity contribution < 1.29 is 4.79 Å². The van der Waals surface area contributed by atoms with E-state index < -0.39 is 0 Å². The molecule has 4 aromatic rings. The molecule has 1 N–H and O–H groups in total. The summed E-state index contributed by atoms with van der Waals surface area (Å²) in [4.78, 5) is 25.4. The fraction of sp³-hybridized carbons (Fsp3) is 0.333. The highest BCUT2D eigenvalue weighted by Crippen LogP contribution is 2.41. The van der Waals surface area contributed by atoms with Crippen LogP contribution < -0.4 is 10.2 Å². The number of aromatic nitrogens is 4. The molecular weight excluding hydrogens is 424 g/mol. The second-order valence-electron chi connectivity index (χ2n) is 9.30. The van der Waals surface area contributed by atoms with Gasteiger partial charge < -0.3 is 10.2 Å². The van der Waals surface area contributed by atoms with E-state index in [0.29, 0.717) is 22.9 Å². The third kappa shape index (κ3) is 3.91. The smallest absolute Gasteiger partial charge is 0.256 e. The summed E-state index contributed by atoms with van der Waals surface area (Å²) >= 11 is 0. The molecule has 6 rings (SSSR count). The number of benzene rings is 1. The Labute approximate surface area is 198 Å². The van der Waals surface area contributed by atoms with Crippen LogP contribution in [0.15, 0.2) is 54.7 Å². The minimum absolute atomic E-state index is 0.131. The predicted octanol–water partition coefficient (Wildman–Crippen LogP) is 5.24.